The Labute approximate surface area is 120 Å². The minimum atomic E-state index is 0.418. The lowest BCUT2D eigenvalue weighted by Gasteiger charge is -2.17. The van der Waals surface area contributed by atoms with E-state index in [2.05, 4.69) is 50.1 Å². The van der Waals surface area contributed by atoms with Gasteiger partial charge in [0.1, 0.15) is 5.75 Å². The Morgan fingerprint density at radius 1 is 1.12 bits per heavy atom. The van der Waals surface area contributed by atoms with E-state index in [9.17, 15) is 0 Å². The van der Waals surface area contributed by atoms with Crippen LogP contribution in [0.4, 0.5) is 0 Å². The lowest BCUT2D eigenvalue weighted by atomic mass is 10.1. The predicted octanol–water partition coefficient (Wildman–Crippen LogP) is 5.45. The third kappa shape index (κ3) is 3.99. The van der Waals surface area contributed by atoms with Crippen molar-refractivity contribution < 1.29 is 4.74 Å². The SMILES string of the molecule is BrCc1cc(OC2CCCCCC2)ccc1Br. The van der Waals surface area contributed by atoms with E-state index >= 15 is 0 Å². The molecule has 0 heterocycles. The quantitative estimate of drug-likeness (QED) is 0.514. The maximum absolute atomic E-state index is 6.09. The van der Waals surface area contributed by atoms with Gasteiger partial charge in [-0.2, -0.15) is 0 Å². The van der Waals surface area contributed by atoms with E-state index in [1.807, 2.05) is 0 Å². The van der Waals surface area contributed by atoms with Crippen LogP contribution in [0.15, 0.2) is 22.7 Å². The van der Waals surface area contributed by atoms with Crippen LogP contribution in [0.3, 0.4) is 0 Å². The van der Waals surface area contributed by atoms with Gasteiger partial charge < -0.3 is 4.74 Å². The molecule has 1 aromatic rings. The monoisotopic (exact) mass is 360 g/mol. The molecule has 1 saturated carbocycles. The molecule has 1 aromatic carbocycles. The van der Waals surface area contributed by atoms with Gasteiger partial charge in [-0.25, -0.2) is 0 Å². The van der Waals surface area contributed by atoms with Crippen LogP contribution in [0.1, 0.15) is 44.1 Å². The second-order valence-corrected chi connectivity index (χ2v) is 6.03. The van der Waals surface area contributed by atoms with E-state index < -0.39 is 0 Å². The Kier molecular flexibility index (Phi) is 5.36. The van der Waals surface area contributed by atoms with Crippen molar-refractivity contribution in [2.75, 3.05) is 0 Å². The van der Waals surface area contributed by atoms with Crippen LogP contribution < -0.4 is 4.74 Å². The minimum Gasteiger partial charge on any atom is -0.490 e. The molecule has 0 unspecified atom stereocenters. The highest BCUT2D eigenvalue weighted by atomic mass is 79.9. The van der Waals surface area contributed by atoms with Crippen molar-refractivity contribution in [1.82, 2.24) is 0 Å². The number of alkyl halides is 1. The Hall–Kier alpha value is -0.0200. The Balaban J connectivity index is 2.01. The van der Waals surface area contributed by atoms with Crippen LogP contribution in [0.25, 0.3) is 0 Å². The molecular weight excluding hydrogens is 344 g/mol. The van der Waals surface area contributed by atoms with E-state index in [0.717, 1.165) is 15.6 Å². The van der Waals surface area contributed by atoms with Crippen molar-refractivity contribution in [1.29, 1.82) is 0 Å². The third-order valence-electron chi connectivity index (χ3n) is 3.27. The van der Waals surface area contributed by atoms with Gasteiger partial charge in [0.25, 0.3) is 0 Å². The minimum absolute atomic E-state index is 0.418. The second kappa shape index (κ2) is 6.79. The molecule has 3 heteroatoms. The zero-order valence-electron chi connectivity index (χ0n) is 9.92. The molecule has 0 aromatic heterocycles. The number of rotatable bonds is 3. The second-order valence-electron chi connectivity index (χ2n) is 4.62. The fourth-order valence-electron chi connectivity index (χ4n) is 2.28. The normalized spacial score (nSPS) is 17.8. The van der Waals surface area contributed by atoms with E-state index in [1.54, 1.807) is 0 Å². The molecule has 1 fully saturated rings. The van der Waals surface area contributed by atoms with Crippen LogP contribution in [-0.4, -0.2) is 6.10 Å². The average Bonchev–Trinajstić information content (AvgIpc) is 2.60. The van der Waals surface area contributed by atoms with Gasteiger partial charge in [0.05, 0.1) is 6.10 Å². The summed E-state index contributed by atoms with van der Waals surface area (Å²) in [7, 11) is 0. The van der Waals surface area contributed by atoms with Gasteiger partial charge in [0.2, 0.25) is 0 Å². The van der Waals surface area contributed by atoms with Crippen molar-refractivity contribution in [2.45, 2.75) is 50.0 Å². The molecule has 2 rings (SSSR count). The van der Waals surface area contributed by atoms with E-state index in [-0.39, 0.29) is 0 Å². The van der Waals surface area contributed by atoms with Gasteiger partial charge in [0.15, 0.2) is 0 Å². The van der Waals surface area contributed by atoms with Gasteiger partial charge in [-0.15, -0.1) is 0 Å². The lowest BCUT2D eigenvalue weighted by molar-refractivity contribution is 0.183. The average molecular weight is 362 g/mol. The molecule has 0 amide bonds. The zero-order valence-corrected chi connectivity index (χ0v) is 13.1. The molecule has 94 valence electrons. The van der Waals surface area contributed by atoms with Crippen molar-refractivity contribution in [3.63, 3.8) is 0 Å². The predicted molar refractivity (Wildman–Crippen MR) is 78.9 cm³/mol. The fourth-order valence-corrected chi connectivity index (χ4v) is 3.51. The smallest absolute Gasteiger partial charge is 0.120 e. The maximum Gasteiger partial charge on any atom is 0.120 e. The van der Waals surface area contributed by atoms with Gasteiger partial charge in [-0.1, -0.05) is 44.7 Å². The lowest BCUT2D eigenvalue weighted by Crippen LogP contribution is -2.15. The summed E-state index contributed by atoms with van der Waals surface area (Å²) in [5.41, 5.74) is 1.25. The van der Waals surface area contributed by atoms with E-state index in [1.165, 1.54) is 44.1 Å². The summed E-state index contributed by atoms with van der Waals surface area (Å²) in [5.74, 6) is 1.01. The molecule has 1 aliphatic carbocycles. The molecular formula is C14H18Br2O. The summed E-state index contributed by atoms with van der Waals surface area (Å²) in [5, 5.41) is 0.857. The summed E-state index contributed by atoms with van der Waals surface area (Å²) in [6, 6.07) is 6.26. The highest BCUT2D eigenvalue weighted by molar-refractivity contribution is 9.10. The van der Waals surface area contributed by atoms with Gasteiger partial charge >= 0.3 is 0 Å². The van der Waals surface area contributed by atoms with E-state index in [4.69, 9.17) is 4.74 Å². The first-order valence-electron chi connectivity index (χ1n) is 6.30. The fraction of sp³-hybridized carbons (Fsp3) is 0.571. The largest absolute Gasteiger partial charge is 0.490 e. The van der Waals surface area contributed by atoms with Crippen molar-refractivity contribution in [3.8, 4) is 5.75 Å². The van der Waals surface area contributed by atoms with Gasteiger partial charge in [-0.3, -0.25) is 0 Å². The molecule has 1 nitrogen and oxygen atoms in total. The number of halogens is 2. The summed E-state index contributed by atoms with van der Waals surface area (Å²) >= 11 is 7.04. The van der Waals surface area contributed by atoms with Crippen LogP contribution in [0, 0.1) is 0 Å². The number of hydrogen-bond acceptors (Lipinski definition) is 1. The summed E-state index contributed by atoms with van der Waals surface area (Å²) in [6.45, 7) is 0. The topological polar surface area (TPSA) is 9.23 Å². The molecule has 0 aliphatic heterocycles. The molecule has 0 atom stereocenters. The Morgan fingerprint density at radius 2 is 1.82 bits per heavy atom. The third-order valence-corrected chi connectivity index (χ3v) is 4.64. The van der Waals surface area contributed by atoms with Crippen LogP contribution in [-0.2, 0) is 5.33 Å². The molecule has 0 saturated heterocycles. The van der Waals surface area contributed by atoms with Crippen LogP contribution in [0.5, 0.6) is 5.75 Å². The summed E-state index contributed by atoms with van der Waals surface area (Å²) in [6.07, 6.45) is 8.19. The number of hydrogen-bond donors (Lipinski definition) is 0. The van der Waals surface area contributed by atoms with Crippen molar-refractivity contribution >= 4 is 31.9 Å². The first kappa shape index (κ1) is 13.4. The first-order valence-corrected chi connectivity index (χ1v) is 8.22. The van der Waals surface area contributed by atoms with Crippen molar-refractivity contribution in [2.24, 2.45) is 0 Å². The summed E-state index contributed by atoms with van der Waals surface area (Å²) < 4.78 is 7.23. The standard InChI is InChI=1S/C14H18Br2O/c15-10-11-9-13(7-8-14(11)16)17-12-5-3-1-2-4-6-12/h7-9,12H,1-6,10H2. The van der Waals surface area contributed by atoms with Crippen LogP contribution >= 0.6 is 31.9 Å². The Morgan fingerprint density at radius 3 is 2.47 bits per heavy atom. The van der Waals surface area contributed by atoms with Crippen LogP contribution in [0.2, 0.25) is 0 Å². The van der Waals surface area contributed by atoms with Gasteiger partial charge in [-0.05, 0) is 49.4 Å². The first-order chi connectivity index (χ1) is 8.29. The highest BCUT2D eigenvalue weighted by Crippen LogP contribution is 2.27. The molecule has 0 radical (unpaired) electrons. The van der Waals surface area contributed by atoms with Crippen molar-refractivity contribution in [3.05, 3.63) is 28.2 Å². The molecule has 1 aliphatic rings. The van der Waals surface area contributed by atoms with Gasteiger partial charge in [0, 0.05) is 9.80 Å². The molecule has 0 N–H and O–H groups in total. The van der Waals surface area contributed by atoms with E-state index in [0.29, 0.717) is 6.10 Å². The number of ether oxygens (including phenoxy) is 1. The zero-order chi connectivity index (χ0) is 12.1. The molecule has 17 heavy (non-hydrogen) atoms. The summed E-state index contributed by atoms with van der Waals surface area (Å²) in [4.78, 5) is 0. The molecule has 0 bridgehead atoms. The Bertz CT molecular complexity index is 357. The molecule has 0 spiro atoms. The maximum atomic E-state index is 6.09. The highest BCUT2D eigenvalue weighted by Gasteiger charge is 2.14. The number of benzene rings is 1.